The second kappa shape index (κ2) is 8.86. The number of carbonyl (C=O) groups is 1. The molecule has 1 aromatic heterocycles. The molecule has 0 aliphatic carbocycles. The van der Waals surface area contributed by atoms with Gasteiger partial charge in [0.2, 0.25) is 0 Å². The van der Waals surface area contributed by atoms with Crippen LogP contribution in [-0.2, 0) is 16.1 Å². The molecule has 0 radical (unpaired) electrons. The predicted molar refractivity (Wildman–Crippen MR) is 97.6 cm³/mol. The number of anilines is 1. The summed E-state index contributed by atoms with van der Waals surface area (Å²) >= 11 is 1.62. The van der Waals surface area contributed by atoms with E-state index in [1.807, 2.05) is 24.4 Å². The zero-order valence-corrected chi connectivity index (χ0v) is 15.7. The van der Waals surface area contributed by atoms with Crippen LogP contribution in [0.15, 0.2) is 10.4 Å². The Morgan fingerprint density at radius 3 is 2.75 bits per heavy atom. The van der Waals surface area contributed by atoms with Gasteiger partial charge in [-0.3, -0.25) is 4.79 Å². The van der Waals surface area contributed by atoms with E-state index in [0.717, 1.165) is 49.3 Å². The van der Waals surface area contributed by atoms with Gasteiger partial charge in [-0.05, 0) is 19.8 Å². The van der Waals surface area contributed by atoms with Crippen molar-refractivity contribution in [3.05, 3.63) is 11.1 Å². The van der Waals surface area contributed by atoms with E-state index < -0.39 is 0 Å². The van der Waals surface area contributed by atoms with Gasteiger partial charge in [-0.25, -0.2) is 9.98 Å². The number of guanidine groups is 1. The molecule has 1 aliphatic rings. The molecule has 0 bridgehead atoms. The third kappa shape index (κ3) is 4.83. The first-order chi connectivity index (χ1) is 11.5. The highest BCUT2D eigenvalue weighted by Crippen LogP contribution is 2.20. The van der Waals surface area contributed by atoms with Crippen molar-refractivity contribution in [2.45, 2.75) is 26.3 Å². The average molecular weight is 353 g/mol. The quantitative estimate of drug-likeness (QED) is 0.492. The third-order valence-corrected chi connectivity index (χ3v) is 5.03. The van der Waals surface area contributed by atoms with E-state index >= 15 is 0 Å². The molecule has 0 amide bonds. The van der Waals surface area contributed by atoms with Crippen molar-refractivity contribution < 1.29 is 9.53 Å². The first-order valence-electron chi connectivity index (χ1n) is 8.28. The number of carbonyl (C=O) groups excluding carboxylic acids is 1. The normalized spacial score (nSPS) is 16.2. The van der Waals surface area contributed by atoms with Crippen molar-refractivity contribution in [2.75, 3.05) is 45.7 Å². The minimum Gasteiger partial charge on any atom is -0.469 e. The van der Waals surface area contributed by atoms with Crippen molar-refractivity contribution >= 4 is 28.4 Å². The molecule has 1 fully saturated rings. The van der Waals surface area contributed by atoms with Crippen molar-refractivity contribution in [1.29, 1.82) is 0 Å². The molecule has 7 nitrogen and oxygen atoms in total. The zero-order valence-electron chi connectivity index (χ0n) is 14.9. The summed E-state index contributed by atoms with van der Waals surface area (Å²) in [7, 11) is 5.43. The SMILES string of the molecule is CCNC(=NCc1csc(N(C)C)n1)N1CCC(C(=O)OC)CC1. The topological polar surface area (TPSA) is 70.1 Å². The molecule has 1 aliphatic heterocycles. The highest BCUT2D eigenvalue weighted by atomic mass is 32.1. The summed E-state index contributed by atoms with van der Waals surface area (Å²) in [5.74, 6) is 0.797. The maximum Gasteiger partial charge on any atom is 0.308 e. The van der Waals surface area contributed by atoms with E-state index in [2.05, 4.69) is 22.1 Å². The van der Waals surface area contributed by atoms with Crippen LogP contribution < -0.4 is 10.2 Å². The number of thiazole rings is 1. The van der Waals surface area contributed by atoms with Gasteiger partial charge in [-0.1, -0.05) is 0 Å². The number of aliphatic imine (C=N–C) groups is 1. The minimum absolute atomic E-state index is 0.00955. The molecule has 2 rings (SSSR count). The number of nitrogens with zero attached hydrogens (tertiary/aromatic N) is 4. The molecule has 0 atom stereocenters. The summed E-state index contributed by atoms with van der Waals surface area (Å²) in [4.78, 5) is 25.1. The standard InChI is InChI=1S/C16H27N5O2S/c1-5-17-15(18-10-13-11-24-16(19-13)20(2)3)21-8-6-12(7-9-21)14(22)23-4/h11-12H,5-10H2,1-4H3,(H,17,18). The van der Waals surface area contributed by atoms with Crippen LogP contribution in [0.2, 0.25) is 0 Å². The molecule has 1 N–H and O–H groups in total. The summed E-state index contributed by atoms with van der Waals surface area (Å²) in [6.07, 6.45) is 1.61. The molecule has 24 heavy (non-hydrogen) atoms. The van der Waals surface area contributed by atoms with Crippen LogP contribution in [0, 0.1) is 5.92 Å². The number of piperidine rings is 1. The lowest BCUT2D eigenvalue weighted by molar-refractivity contribution is -0.146. The van der Waals surface area contributed by atoms with Crippen LogP contribution in [0.25, 0.3) is 0 Å². The molecule has 0 saturated carbocycles. The summed E-state index contributed by atoms with van der Waals surface area (Å²) in [5.41, 5.74) is 0.976. The van der Waals surface area contributed by atoms with Crippen molar-refractivity contribution in [3.63, 3.8) is 0 Å². The monoisotopic (exact) mass is 353 g/mol. The molecule has 1 aromatic rings. The zero-order chi connectivity index (χ0) is 17.5. The van der Waals surface area contributed by atoms with Crippen LogP contribution in [0.5, 0.6) is 0 Å². The van der Waals surface area contributed by atoms with Crippen molar-refractivity contribution in [3.8, 4) is 0 Å². The molecule has 0 spiro atoms. The molecule has 0 aromatic carbocycles. The first-order valence-corrected chi connectivity index (χ1v) is 9.16. The molecule has 1 saturated heterocycles. The fourth-order valence-electron chi connectivity index (χ4n) is 2.65. The number of ether oxygens (including phenoxy) is 1. The summed E-state index contributed by atoms with van der Waals surface area (Å²) in [5, 5.41) is 6.37. The van der Waals surface area contributed by atoms with Crippen molar-refractivity contribution in [1.82, 2.24) is 15.2 Å². The molecule has 2 heterocycles. The van der Waals surface area contributed by atoms with E-state index in [9.17, 15) is 4.79 Å². The number of hydrogen-bond donors (Lipinski definition) is 1. The van der Waals surface area contributed by atoms with Gasteiger partial charge in [0.05, 0.1) is 25.3 Å². The second-order valence-corrected chi connectivity index (χ2v) is 6.81. The van der Waals surface area contributed by atoms with Gasteiger partial charge in [0.1, 0.15) is 0 Å². The van der Waals surface area contributed by atoms with Gasteiger partial charge in [0.15, 0.2) is 11.1 Å². The molecular formula is C16H27N5O2S. The van der Waals surface area contributed by atoms with Crippen LogP contribution in [0.4, 0.5) is 5.13 Å². The van der Waals surface area contributed by atoms with Crippen LogP contribution in [0.1, 0.15) is 25.5 Å². The summed E-state index contributed by atoms with van der Waals surface area (Å²) < 4.78 is 4.85. The number of likely N-dealkylation sites (tertiary alicyclic amines) is 1. The maximum atomic E-state index is 11.6. The van der Waals surface area contributed by atoms with Crippen LogP contribution >= 0.6 is 11.3 Å². The molecule has 8 heteroatoms. The van der Waals surface area contributed by atoms with Gasteiger partial charge in [-0.2, -0.15) is 0 Å². The van der Waals surface area contributed by atoms with Crippen LogP contribution in [0.3, 0.4) is 0 Å². The predicted octanol–water partition coefficient (Wildman–Crippen LogP) is 1.56. The number of esters is 1. The first kappa shape index (κ1) is 18.5. The minimum atomic E-state index is -0.102. The summed E-state index contributed by atoms with van der Waals surface area (Å²) in [6, 6.07) is 0. The van der Waals surface area contributed by atoms with Crippen LogP contribution in [-0.4, -0.2) is 62.7 Å². The number of hydrogen-bond acceptors (Lipinski definition) is 6. The van der Waals surface area contributed by atoms with Crippen molar-refractivity contribution in [2.24, 2.45) is 10.9 Å². The second-order valence-electron chi connectivity index (χ2n) is 5.97. The van der Waals surface area contributed by atoms with Gasteiger partial charge in [0.25, 0.3) is 0 Å². The van der Waals surface area contributed by atoms with Gasteiger partial charge in [-0.15, -0.1) is 11.3 Å². The van der Waals surface area contributed by atoms with Gasteiger partial charge in [0, 0.05) is 39.1 Å². The fourth-order valence-corrected chi connectivity index (χ4v) is 3.40. The van der Waals surface area contributed by atoms with E-state index in [4.69, 9.17) is 9.73 Å². The number of nitrogens with one attached hydrogen (secondary N) is 1. The van der Waals surface area contributed by atoms with E-state index in [0.29, 0.717) is 6.54 Å². The van der Waals surface area contributed by atoms with E-state index in [-0.39, 0.29) is 11.9 Å². The molecular weight excluding hydrogens is 326 g/mol. The van der Waals surface area contributed by atoms with Gasteiger partial charge >= 0.3 is 5.97 Å². The number of methoxy groups -OCH3 is 1. The molecule has 0 unspecified atom stereocenters. The Morgan fingerprint density at radius 1 is 1.50 bits per heavy atom. The summed E-state index contributed by atoms with van der Waals surface area (Å²) in [6.45, 7) is 5.06. The Labute approximate surface area is 147 Å². The highest BCUT2D eigenvalue weighted by Gasteiger charge is 2.26. The van der Waals surface area contributed by atoms with E-state index in [1.54, 1.807) is 11.3 Å². The average Bonchev–Trinajstić information content (AvgIpc) is 3.07. The number of rotatable bonds is 5. The van der Waals surface area contributed by atoms with E-state index in [1.165, 1.54) is 7.11 Å². The smallest absolute Gasteiger partial charge is 0.308 e. The Bertz CT molecular complexity index is 565. The third-order valence-electron chi connectivity index (χ3n) is 3.98. The largest absolute Gasteiger partial charge is 0.469 e. The highest BCUT2D eigenvalue weighted by molar-refractivity contribution is 7.13. The Kier molecular flexibility index (Phi) is 6.84. The molecule has 134 valence electrons. The lowest BCUT2D eigenvalue weighted by Crippen LogP contribution is -2.46. The fraction of sp³-hybridized carbons (Fsp3) is 0.688. The maximum absolute atomic E-state index is 11.6. The number of aromatic nitrogens is 1. The Balaban J connectivity index is 1.97. The van der Waals surface area contributed by atoms with Gasteiger partial charge < -0.3 is 19.9 Å². The Hall–Kier alpha value is -1.83. The lowest BCUT2D eigenvalue weighted by Gasteiger charge is -2.33. The lowest BCUT2D eigenvalue weighted by atomic mass is 9.97. The Morgan fingerprint density at radius 2 is 2.21 bits per heavy atom.